The number of unbranched alkanes of at least 4 members (excludes halogenated alkanes) is 33. The van der Waals surface area contributed by atoms with E-state index in [1.165, 1.54) is 154 Å². The van der Waals surface area contributed by atoms with Gasteiger partial charge in [-0.25, -0.2) is 0 Å². The van der Waals surface area contributed by atoms with E-state index in [4.69, 9.17) is 14.2 Å². The van der Waals surface area contributed by atoms with Gasteiger partial charge in [-0.1, -0.05) is 261 Å². The molecule has 0 saturated heterocycles. The van der Waals surface area contributed by atoms with Crippen LogP contribution in [0.4, 0.5) is 0 Å². The second-order valence-corrected chi connectivity index (χ2v) is 18.9. The lowest BCUT2D eigenvalue weighted by molar-refractivity contribution is -0.167. The minimum absolute atomic E-state index is 0.0819. The van der Waals surface area contributed by atoms with Crippen LogP contribution in [0.1, 0.15) is 284 Å². The number of carbonyl (C=O) groups excluding carboxylic acids is 3. The Bertz CT molecular complexity index is 1200. The fourth-order valence-corrected chi connectivity index (χ4v) is 8.08. The fourth-order valence-electron chi connectivity index (χ4n) is 8.08. The smallest absolute Gasteiger partial charge is 0.306 e. The number of ether oxygens (including phenoxy) is 3. The van der Waals surface area contributed by atoms with Crippen molar-refractivity contribution < 1.29 is 28.6 Å². The molecule has 0 heterocycles. The second-order valence-electron chi connectivity index (χ2n) is 18.9. The highest BCUT2D eigenvalue weighted by Gasteiger charge is 2.19. The molecule has 0 N–H and O–H groups in total. The lowest BCUT2D eigenvalue weighted by atomic mass is 10.0. The van der Waals surface area contributed by atoms with E-state index in [9.17, 15) is 14.4 Å². The summed E-state index contributed by atoms with van der Waals surface area (Å²) in [6, 6.07) is 0. The highest BCUT2D eigenvalue weighted by Crippen LogP contribution is 2.16. The molecule has 1 unspecified atom stereocenters. The maximum Gasteiger partial charge on any atom is 0.306 e. The van der Waals surface area contributed by atoms with E-state index in [0.29, 0.717) is 19.3 Å². The zero-order valence-corrected chi connectivity index (χ0v) is 43.7. The molecule has 0 spiro atoms. The molecule has 6 nitrogen and oxygen atoms in total. The Balaban J connectivity index is 4.40. The van der Waals surface area contributed by atoms with Crippen molar-refractivity contribution in [1.29, 1.82) is 0 Å². The van der Waals surface area contributed by atoms with Gasteiger partial charge in [-0.3, -0.25) is 14.4 Å². The molecule has 0 saturated carbocycles. The highest BCUT2D eigenvalue weighted by atomic mass is 16.6. The van der Waals surface area contributed by atoms with Crippen LogP contribution in [0, 0.1) is 0 Å². The van der Waals surface area contributed by atoms with E-state index in [2.05, 4.69) is 81.5 Å². The molecule has 0 rings (SSSR count). The monoisotopic (exact) mass is 923 g/mol. The highest BCUT2D eigenvalue weighted by molar-refractivity contribution is 5.71. The van der Waals surface area contributed by atoms with Crippen molar-refractivity contribution in [2.45, 2.75) is 290 Å². The van der Waals surface area contributed by atoms with Crippen LogP contribution in [0.2, 0.25) is 0 Å². The zero-order valence-electron chi connectivity index (χ0n) is 43.7. The number of esters is 3. The summed E-state index contributed by atoms with van der Waals surface area (Å²) in [5, 5.41) is 0. The summed E-state index contributed by atoms with van der Waals surface area (Å²) >= 11 is 0. The lowest BCUT2D eigenvalue weighted by Gasteiger charge is -2.18. The van der Waals surface area contributed by atoms with Crippen LogP contribution in [-0.4, -0.2) is 37.2 Å². The number of hydrogen-bond acceptors (Lipinski definition) is 6. The molecule has 0 aliphatic carbocycles. The van der Waals surface area contributed by atoms with Crippen molar-refractivity contribution in [2.75, 3.05) is 13.2 Å². The van der Waals surface area contributed by atoms with Crippen molar-refractivity contribution in [1.82, 2.24) is 0 Å². The van der Waals surface area contributed by atoms with E-state index < -0.39 is 6.10 Å². The van der Waals surface area contributed by atoms with Crippen LogP contribution in [-0.2, 0) is 28.6 Å². The van der Waals surface area contributed by atoms with Crippen molar-refractivity contribution >= 4 is 17.9 Å². The van der Waals surface area contributed by atoms with Crippen molar-refractivity contribution in [3.05, 3.63) is 60.8 Å². The summed E-state index contributed by atoms with van der Waals surface area (Å²) in [4.78, 5) is 38.1. The third kappa shape index (κ3) is 52.1. The minimum atomic E-state index is -0.785. The Labute approximate surface area is 409 Å². The molecule has 0 fully saturated rings. The molecule has 0 radical (unpaired) electrons. The summed E-state index contributed by atoms with van der Waals surface area (Å²) in [6.07, 6.45) is 67.8. The van der Waals surface area contributed by atoms with E-state index in [1.807, 2.05) is 0 Å². The summed E-state index contributed by atoms with van der Waals surface area (Å²) < 4.78 is 16.8. The lowest BCUT2D eigenvalue weighted by Crippen LogP contribution is -2.30. The zero-order chi connectivity index (χ0) is 47.9. The van der Waals surface area contributed by atoms with Gasteiger partial charge in [-0.2, -0.15) is 0 Å². The van der Waals surface area contributed by atoms with E-state index in [-0.39, 0.29) is 31.1 Å². The predicted molar refractivity (Wildman–Crippen MR) is 284 cm³/mol. The quantitative estimate of drug-likeness (QED) is 0.0262. The average Bonchev–Trinajstić information content (AvgIpc) is 3.31. The molecular weight excluding hydrogens is 817 g/mol. The topological polar surface area (TPSA) is 78.9 Å². The van der Waals surface area contributed by atoms with Crippen LogP contribution in [0.5, 0.6) is 0 Å². The van der Waals surface area contributed by atoms with Crippen LogP contribution in [0.25, 0.3) is 0 Å². The van der Waals surface area contributed by atoms with Gasteiger partial charge >= 0.3 is 17.9 Å². The summed E-state index contributed by atoms with van der Waals surface area (Å²) in [5.74, 6) is -0.899. The molecule has 0 amide bonds. The molecule has 382 valence electrons. The molecule has 6 heteroatoms. The maximum atomic E-state index is 12.8. The van der Waals surface area contributed by atoms with Gasteiger partial charge in [0.25, 0.3) is 0 Å². The Morgan fingerprint density at radius 1 is 0.318 bits per heavy atom. The van der Waals surface area contributed by atoms with Crippen molar-refractivity contribution in [2.24, 2.45) is 0 Å². The normalized spacial score (nSPS) is 12.5. The Hall–Kier alpha value is -2.89. The first-order chi connectivity index (χ1) is 32.5. The predicted octanol–water partition coefficient (Wildman–Crippen LogP) is 18.8. The number of hydrogen-bond donors (Lipinski definition) is 0. The first kappa shape index (κ1) is 63.1. The number of allylic oxidation sites excluding steroid dienone is 10. The summed E-state index contributed by atoms with van der Waals surface area (Å²) in [6.45, 7) is 6.51. The van der Waals surface area contributed by atoms with Crippen LogP contribution in [0.3, 0.4) is 0 Å². The summed E-state index contributed by atoms with van der Waals surface area (Å²) in [5.41, 5.74) is 0. The van der Waals surface area contributed by atoms with Gasteiger partial charge in [0, 0.05) is 19.3 Å². The van der Waals surface area contributed by atoms with Crippen molar-refractivity contribution in [3.8, 4) is 0 Å². The maximum absolute atomic E-state index is 12.8. The Morgan fingerprint density at radius 2 is 0.591 bits per heavy atom. The van der Waals surface area contributed by atoms with Gasteiger partial charge in [-0.15, -0.1) is 0 Å². The van der Waals surface area contributed by atoms with Gasteiger partial charge in [0.1, 0.15) is 13.2 Å². The van der Waals surface area contributed by atoms with E-state index in [0.717, 1.165) is 89.9 Å². The molecule has 66 heavy (non-hydrogen) atoms. The molecule has 0 aliphatic heterocycles. The molecule has 0 aromatic carbocycles. The van der Waals surface area contributed by atoms with Gasteiger partial charge in [0.15, 0.2) is 6.10 Å². The van der Waals surface area contributed by atoms with E-state index in [1.54, 1.807) is 0 Å². The van der Waals surface area contributed by atoms with Gasteiger partial charge < -0.3 is 14.2 Å². The fraction of sp³-hybridized carbons (Fsp3) is 0.783. The Kier molecular flexibility index (Phi) is 52.3. The minimum Gasteiger partial charge on any atom is -0.462 e. The van der Waals surface area contributed by atoms with Crippen LogP contribution >= 0.6 is 0 Å². The average molecular weight is 924 g/mol. The third-order valence-corrected chi connectivity index (χ3v) is 12.3. The van der Waals surface area contributed by atoms with Crippen LogP contribution < -0.4 is 0 Å². The first-order valence-corrected chi connectivity index (χ1v) is 28.3. The largest absolute Gasteiger partial charge is 0.462 e. The third-order valence-electron chi connectivity index (χ3n) is 12.3. The van der Waals surface area contributed by atoms with Crippen molar-refractivity contribution in [3.63, 3.8) is 0 Å². The standard InChI is InChI=1S/C60H106O6/c1-4-7-10-13-16-19-22-25-28-29-30-33-35-38-41-44-47-50-53-59(62)65-56-57(66-60(63)54-51-48-45-42-39-36-32-27-24-21-18-15-12-9-6-3)55-64-58(61)52-49-46-43-40-37-34-31-26-23-20-17-14-11-8-5-2/h9,12,15,18,21,24,28-30,33,57H,4-8,10-11,13-14,16-17,19-20,22-23,25-27,31-32,34-56H2,1-3H3/b12-9-,18-15-,24-21-,29-28-,33-30-. The van der Waals surface area contributed by atoms with Gasteiger partial charge in [0.05, 0.1) is 0 Å². The molecule has 0 aromatic rings. The first-order valence-electron chi connectivity index (χ1n) is 28.3. The SMILES string of the molecule is CC\C=C/C=C\C=C/CCCCCCCCCC(=O)OC(COC(=O)CCCCCCC/C=C\C=C/CCCCCCCCC)COC(=O)CCCCCCCCCCCCCCCCC. The second kappa shape index (κ2) is 54.7. The number of carbonyl (C=O) groups is 3. The molecular formula is C60H106O6. The number of rotatable bonds is 51. The molecule has 1 atom stereocenters. The summed E-state index contributed by atoms with van der Waals surface area (Å²) in [7, 11) is 0. The van der Waals surface area contributed by atoms with Gasteiger partial charge in [0.2, 0.25) is 0 Å². The molecule has 0 aliphatic rings. The van der Waals surface area contributed by atoms with Crippen LogP contribution in [0.15, 0.2) is 60.8 Å². The Morgan fingerprint density at radius 3 is 0.924 bits per heavy atom. The molecule has 0 aromatic heterocycles. The molecule has 0 bridgehead atoms. The van der Waals surface area contributed by atoms with E-state index >= 15 is 0 Å². The van der Waals surface area contributed by atoms with Gasteiger partial charge in [-0.05, 0) is 64.2 Å².